The minimum Gasteiger partial charge on any atom is -0.492 e. The standard InChI is InChI=1S/C38H46BN5O14S2/c1-37(2)28-21-25(36(48)41(5)57-24-34(47)58-44-32(45)15-16-33(44)46)23-42(17-9-19-59(51,52)53)35(28)40-30(37)11-7-6-8-12-31-38(3,4)27-22-26(39(49)50)13-14-29(27)43(31)18-10-20-60(54,55)56/h6-8,11-16,21-23,49-50H,9-10,17-20,24H2,1-5H3,(H3-,45,46,51,52,53,54,55,56)/p+1. The maximum Gasteiger partial charge on any atom is 0.488 e. The first-order valence-corrected chi connectivity index (χ1v) is 21.8. The maximum atomic E-state index is 13.6. The average molecular weight is 873 g/mol. The molecule has 6 N–H and O–H groups in total. The smallest absolute Gasteiger partial charge is 0.488 e. The van der Waals surface area contributed by atoms with Gasteiger partial charge in [0.25, 0.3) is 26.1 Å². The number of aliphatic imine (C=N–C) groups is 1. The second-order valence-corrected chi connectivity index (χ2v) is 18.3. The summed E-state index contributed by atoms with van der Waals surface area (Å²) in [5.41, 5.74) is 2.51. The number of carbonyl (C=O) groups excluding carboxylic acids is 2. The molecule has 3 aromatic rings. The normalized spacial score (nSPS) is 16.4. The topological polar surface area (TPSA) is 270 Å². The molecular formula is C38H47BN5O14S2+. The zero-order chi connectivity index (χ0) is 44.4. The van der Waals surface area contributed by atoms with Crippen molar-refractivity contribution in [2.24, 2.45) is 4.99 Å². The Morgan fingerprint density at radius 1 is 0.900 bits per heavy atom. The Bertz CT molecular complexity index is 2490. The molecule has 0 spiro atoms. The molecule has 60 heavy (non-hydrogen) atoms. The predicted octanol–water partition coefficient (Wildman–Crippen LogP) is 1.24. The first kappa shape index (κ1) is 45.7. The highest BCUT2D eigenvalue weighted by atomic mass is 32.2. The minimum atomic E-state index is -4.29. The zero-order valence-corrected chi connectivity index (χ0v) is 35.1. The third-order valence-corrected chi connectivity index (χ3v) is 11.7. The van der Waals surface area contributed by atoms with Crippen molar-refractivity contribution in [3.8, 4) is 11.8 Å². The summed E-state index contributed by atoms with van der Waals surface area (Å²) in [7, 11) is -8.91. The van der Waals surface area contributed by atoms with Gasteiger partial charge in [-0.25, -0.2) is 14.4 Å². The van der Waals surface area contributed by atoms with E-state index >= 15 is 0 Å². The molecular weight excluding hydrogens is 825 g/mol. The lowest BCUT2D eigenvalue weighted by Crippen LogP contribution is -2.39. The second-order valence-electron chi connectivity index (χ2n) is 15.2. The van der Waals surface area contributed by atoms with Gasteiger partial charge in [0.05, 0.1) is 34.6 Å². The Kier molecular flexibility index (Phi) is 13.5. The van der Waals surface area contributed by atoms with Crippen molar-refractivity contribution < 1.29 is 70.0 Å². The predicted molar refractivity (Wildman–Crippen MR) is 219 cm³/mol. The van der Waals surface area contributed by atoms with Gasteiger partial charge in [-0.15, -0.1) is 4.73 Å². The van der Waals surface area contributed by atoms with Crippen LogP contribution in [0.3, 0.4) is 0 Å². The number of hydroxylamine groups is 2. The van der Waals surface area contributed by atoms with Crippen molar-refractivity contribution in [2.75, 3.05) is 36.6 Å². The van der Waals surface area contributed by atoms with Crippen LogP contribution in [-0.2, 0) is 47.2 Å². The second kappa shape index (κ2) is 17.7. The number of carbonyl (C=O) groups is 2. The van der Waals surface area contributed by atoms with Gasteiger partial charge in [-0.3, -0.25) is 18.7 Å². The molecule has 0 saturated carbocycles. The molecule has 1 amide bonds. The van der Waals surface area contributed by atoms with E-state index in [1.54, 1.807) is 53.1 Å². The number of aromatic hydroxyl groups is 2. The van der Waals surface area contributed by atoms with Gasteiger partial charge in [0, 0.05) is 48.9 Å². The van der Waals surface area contributed by atoms with Crippen molar-refractivity contribution in [3.05, 3.63) is 95.4 Å². The minimum absolute atomic E-state index is 0.0156. The Balaban J connectivity index is 1.38. The summed E-state index contributed by atoms with van der Waals surface area (Å²) in [6.45, 7) is 7.20. The average Bonchev–Trinajstić information content (AvgIpc) is 3.69. The van der Waals surface area contributed by atoms with Crippen LogP contribution in [0.4, 0.5) is 11.5 Å². The van der Waals surface area contributed by atoms with Crippen LogP contribution in [0.2, 0.25) is 0 Å². The summed E-state index contributed by atoms with van der Waals surface area (Å²) in [4.78, 5) is 42.8. The van der Waals surface area contributed by atoms with Crippen molar-refractivity contribution in [1.29, 1.82) is 0 Å². The molecule has 0 atom stereocenters. The number of hydrogen-bond acceptors (Lipinski definition) is 14. The maximum absolute atomic E-state index is 13.6. The van der Waals surface area contributed by atoms with Gasteiger partial charge in [0.2, 0.25) is 11.8 Å². The third kappa shape index (κ3) is 10.5. The molecule has 19 nitrogen and oxygen atoms in total. The van der Waals surface area contributed by atoms with E-state index in [1.807, 2.05) is 38.7 Å². The van der Waals surface area contributed by atoms with Crippen LogP contribution in [0, 0.1) is 0 Å². The van der Waals surface area contributed by atoms with Crippen molar-refractivity contribution in [2.45, 2.75) is 57.9 Å². The Morgan fingerprint density at radius 2 is 1.55 bits per heavy atom. The van der Waals surface area contributed by atoms with E-state index in [0.29, 0.717) is 27.3 Å². The summed E-state index contributed by atoms with van der Waals surface area (Å²) >= 11 is 0. The number of benzene rings is 1. The van der Waals surface area contributed by atoms with Crippen LogP contribution in [0.25, 0.3) is 0 Å². The lowest BCUT2D eigenvalue weighted by atomic mass is 9.75. The van der Waals surface area contributed by atoms with Crippen LogP contribution in [0.1, 0.15) is 62.0 Å². The molecule has 0 unspecified atom stereocenters. The van der Waals surface area contributed by atoms with Gasteiger partial charge in [-0.05, 0) is 60.6 Å². The van der Waals surface area contributed by atoms with Crippen LogP contribution < -0.4 is 19.8 Å². The van der Waals surface area contributed by atoms with Crippen LogP contribution in [-0.4, -0.2) is 112 Å². The number of aryl methyl sites for hydroxylation is 1. The molecule has 22 heteroatoms. The highest BCUT2D eigenvalue weighted by molar-refractivity contribution is 7.86. The number of nitrogens with zero attached hydrogens (tertiary/aromatic N) is 5. The monoisotopic (exact) mass is 872 g/mol. The van der Waals surface area contributed by atoms with Crippen molar-refractivity contribution in [1.82, 2.24) is 9.79 Å². The number of fused-ring (bicyclic) bond motifs is 2. The van der Waals surface area contributed by atoms with E-state index in [-0.39, 0.29) is 31.5 Å². The molecule has 4 heterocycles. The van der Waals surface area contributed by atoms with E-state index in [2.05, 4.69) is 0 Å². The molecule has 0 radical (unpaired) electrons. The largest absolute Gasteiger partial charge is 0.492 e. The van der Waals surface area contributed by atoms with Crippen LogP contribution in [0.5, 0.6) is 11.8 Å². The molecule has 0 aliphatic carbocycles. The summed E-state index contributed by atoms with van der Waals surface area (Å²) in [6.07, 6.45) is 10.5. The van der Waals surface area contributed by atoms with Gasteiger partial charge in [-0.1, -0.05) is 44.2 Å². The summed E-state index contributed by atoms with van der Waals surface area (Å²) in [5, 5.41) is 39.9. The Labute approximate surface area is 347 Å². The fourth-order valence-corrected chi connectivity index (χ4v) is 7.93. The number of hydrogen-bond donors (Lipinski definition) is 6. The van der Waals surface area contributed by atoms with Gasteiger partial charge in [-0.2, -0.15) is 16.8 Å². The van der Waals surface area contributed by atoms with E-state index in [0.717, 1.165) is 34.1 Å². The van der Waals surface area contributed by atoms with E-state index in [9.17, 15) is 55.8 Å². The van der Waals surface area contributed by atoms with E-state index < -0.39 is 79.9 Å². The molecule has 5 rings (SSSR count). The highest BCUT2D eigenvalue weighted by Gasteiger charge is 2.44. The number of rotatable bonds is 17. The summed E-state index contributed by atoms with van der Waals surface area (Å²) in [6, 6.07) is 8.80. The SMILES string of the molecule is CN(OCC(=O)On1c(O)ccc1O)C(=O)c1cc2c([n+](CCCS(=O)(=O)O)c1)N=C(C=CC=CC=C1N(CCCS(=O)(=O)O)c3ccc(B(O)O)cc3C1(C)C)C2(C)C. The van der Waals surface area contributed by atoms with Gasteiger partial charge < -0.3 is 30.0 Å². The molecule has 2 aromatic heterocycles. The molecule has 0 fully saturated rings. The number of anilines is 1. The van der Waals surface area contributed by atoms with Gasteiger partial charge in [0.15, 0.2) is 12.3 Å². The Hall–Kier alpha value is -5.36. The fraction of sp³-hybridized carbons (Fsp3) is 0.368. The molecule has 2 aliphatic heterocycles. The van der Waals surface area contributed by atoms with Crippen molar-refractivity contribution >= 4 is 61.9 Å². The van der Waals surface area contributed by atoms with Crippen LogP contribution >= 0.6 is 0 Å². The zero-order valence-electron chi connectivity index (χ0n) is 33.5. The van der Waals surface area contributed by atoms with Crippen molar-refractivity contribution in [3.63, 3.8) is 0 Å². The number of amides is 1. The molecule has 1 aromatic carbocycles. The first-order valence-electron chi connectivity index (χ1n) is 18.5. The summed E-state index contributed by atoms with van der Waals surface area (Å²) < 4.78 is 66.8. The molecule has 2 aliphatic rings. The van der Waals surface area contributed by atoms with Gasteiger partial charge >= 0.3 is 18.9 Å². The molecule has 0 bridgehead atoms. The lowest BCUT2D eigenvalue weighted by molar-refractivity contribution is -0.684. The Morgan fingerprint density at radius 3 is 2.18 bits per heavy atom. The lowest BCUT2D eigenvalue weighted by Gasteiger charge is -2.27. The van der Waals surface area contributed by atoms with Crippen LogP contribution in [0.15, 0.2) is 83.7 Å². The van der Waals surface area contributed by atoms with E-state index in [1.165, 1.54) is 13.2 Å². The first-order chi connectivity index (χ1) is 27.9. The third-order valence-electron chi connectivity index (χ3n) is 10.1. The van der Waals surface area contributed by atoms with Gasteiger partial charge in [0.1, 0.15) is 6.20 Å². The fourth-order valence-electron chi connectivity index (χ4n) is 6.94. The number of pyridine rings is 1. The molecule has 322 valence electrons. The number of aromatic nitrogens is 2. The highest BCUT2D eigenvalue weighted by Crippen LogP contribution is 2.47. The summed E-state index contributed by atoms with van der Waals surface area (Å²) in [5.74, 6) is -3.38. The van der Waals surface area contributed by atoms with E-state index in [4.69, 9.17) is 14.7 Å². The quantitative estimate of drug-likeness (QED) is 0.0366. The molecule has 0 saturated heterocycles. The number of allylic oxidation sites excluding steroid dienone is 6.